The number of hydrogen-bond acceptors (Lipinski definition) is 8. The van der Waals surface area contributed by atoms with Crippen LogP contribution in [0.2, 0.25) is 0 Å². The first-order valence-electron chi connectivity index (χ1n) is 13.0. The van der Waals surface area contributed by atoms with Gasteiger partial charge in [0.1, 0.15) is 11.8 Å². The molecule has 202 valence electrons. The van der Waals surface area contributed by atoms with Gasteiger partial charge in [-0.15, -0.1) is 11.3 Å². The van der Waals surface area contributed by atoms with Gasteiger partial charge in [-0.3, -0.25) is 24.3 Å². The third-order valence-corrected chi connectivity index (χ3v) is 9.42. The molecule has 2 aliphatic heterocycles. The van der Waals surface area contributed by atoms with Gasteiger partial charge in [0.05, 0.1) is 33.4 Å². The predicted molar refractivity (Wildman–Crippen MR) is 149 cm³/mol. The summed E-state index contributed by atoms with van der Waals surface area (Å²) in [5.74, 6) is -0.848. The fourth-order valence-electron chi connectivity index (χ4n) is 5.43. The maximum Gasteiger partial charge on any atom is 0.256 e. The Morgan fingerprint density at radius 2 is 2.03 bits per heavy atom. The van der Waals surface area contributed by atoms with E-state index in [-0.39, 0.29) is 35.9 Å². The zero-order valence-corrected chi connectivity index (χ0v) is 23.9. The van der Waals surface area contributed by atoms with Gasteiger partial charge in [0, 0.05) is 41.7 Å². The van der Waals surface area contributed by atoms with E-state index in [0.717, 1.165) is 16.0 Å². The van der Waals surface area contributed by atoms with Crippen LogP contribution in [0.3, 0.4) is 0 Å². The highest BCUT2D eigenvalue weighted by Gasteiger charge is 2.51. The molecule has 0 radical (unpaired) electrons. The summed E-state index contributed by atoms with van der Waals surface area (Å²) in [6.45, 7) is 8.69. The average molecular weight is 545 g/mol. The molecule has 39 heavy (non-hydrogen) atoms. The summed E-state index contributed by atoms with van der Waals surface area (Å²) in [4.78, 5) is 55.0. The van der Waals surface area contributed by atoms with Crippen LogP contribution in [0.5, 0.6) is 0 Å². The van der Waals surface area contributed by atoms with Crippen LogP contribution < -0.4 is 0 Å². The molecular formula is C29H32N6O3S. The van der Waals surface area contributed by atoms with Crippen molar-refractivity contribution in [2.24, 2.45) is 11.3 Å². The molecule has 2 atom stereocenters. The Morgan fingerprint density at radius 1 is 1.28 bits per heavy atom. The molecule has 10 heteroatoms. The van der Waals surface area contributed by atoms with Crippen LogP contribution in [0.1, 0.15) is 53.7 Å². The van der Waals surface area contributed by atoms with Gasteiger partial charge >= 0.3 is 0 Å². The Bertz CT molecular complexity index is 1550. The minimum Gasteiger partial charge on any atom is -0.337 e. The van der Waals surface area contributed by atoms with Gasteiger partial charge in [0.25, 0.3) is 5.91 Å². The molecule has 2 fully saturated rings. The van der Waals surface area contributed by atoms with E-state index in [2.05, 4.69) is 20.9 Å². The second-order valence-electron chi connectivity index (χ2n) is 11.3. The number of likely N-dealkylation sites (N-methyl/N-ethyl adjacent to an activating group) is 1. The number of imide groups is 1. The molecule has 2 unspecified atom stereocenters. The van der Waals surface area contributed by atoms with Gasteiger partial charge in [0.2, 0.25) is 11.8 Å². The number of carbonyl (C=O) groups is 3. The Morgan fingerprint density at radius 3 is 2.64 bits per heavy atom. The topological polar surface area (TPSA) is 110 Å². The summed E-state index contributed by atoms with van der Waals surface area (Å²) in [7, 11) is 4.04. The van der Waals surface area contributed by atoms with E-state index in [0.29, 0.717) is 47.0 Å². The molecule has 0 aromatic carbocycles. The smallest absolute Gasteiger partial charge is 0.256 e. The lowest BCUT2D eigenvalue weighted by atomic mass is 9.82. The Hall–Kier alpha value is -3.68. The summed E-state index contributed by atoms with van der Waals surface area (Å²) < 4.78 is 0.794. The Kier molecular flexibility index (Phi) is 6.77. The highest BCUT2D eigenvalue weighted by atomic mass is 32.1. The summed E-state index contributed by atoms with van der Waals surface area (Å²) in [5, 5.41) is 9.67. The zero-order chi connectivity index (χ0) is 28.2. The molecule has 5 rings (SSSR count). The average Bonchev–Trinajstić information content (AvgIpc) is 3.59. The monoisotopic (exact) mass is 544 g/mol. The van der Waals surface area contributed by atoms with Gasteiger partial charge in [-0.1, -0.05) is 20.8 Å². The number of pyridine rings is 2. The standard InChI is InChI=1S/C29H32N6O3S/c1-16-11-18(13-30)32-24(23(16)27(37)34-10-8-19(14-34)33(5)6)21-7-9-31-22-12-20(39-25(21)22)15-35-26(36)17(2)29(3,4)28(35)38/h7,9,11-12,17,19H,8,10,14-15H2,1-6H3. The fraction of sp³-hybridized carbons (Fsp3) is 0.448. The molecule has 0 saturated carbocycles. The molecule has 3 aromatic rings. The van der Waals surface area contributed by atoms with Crippen LogP contribution in [0.15, 0.2) is 24.4 Å². The maximum absolute atomic E-state index is 13.9. The minimum absolute atomic E-state index is 0.102. The quantitative estimate of drug-likeness (QED) is 0.449. The lowest BCUT2D eigenvalue weighted by Gasteiger charge is -2.22. The highest BCUT2D eigenvalue weighted by Crippen LogP contribution is 2.40. The van der Waals surface area contributed by atoms with Crippen molar-refractivity contribution in [2.45, 2.75) is 46.7 Å². The van der Waals surface area contributed by atoms with E-state index in [4.69, 9.17) is 0 Å². The second-order valence-corrected chi connectivity index (χ2v) is 12.4. The van der Waals surface area contributed by atoms with E-state index >= 15 is 0 Å². The molecule has 9 nitrogen and oxygen atoms in total. The SMILES string of the molecule is Cc1cc(C#N)nc(-c2ccnc3cc(CN4C(=O)C(C)C(C)(C)C4=O)sc23)c1C(=O)N1CCC(N(C)C)C1. The zero-order valence-electron chi connectivity index (χ0n) is 23.1. The van der Waals surface area contributed by atoms with Crippen molar-refractivity contribution in [3.05, 3.63) is 46.1 Å². The molecule has 0 bridgehead atoms. The number of hydrogen-bond donors (Lipinski definition) is 0. The summed E-state index contributed by atoms with van der Waals surface area (Å²) in [5.41, 5.74) is 2.51. The number of amides is 3. The third-order valence-electron chi connectivity index (χ3n) is 8.27. The van der Waals surface area contributed by atoms with Crippen LogP contribution in [-0.2, 0) is 16.1 Å². The van der Waals surface area contributed by atoms with Gasteiger partial charge in [-0.2, -0.15) is 5.26 Å². The number of fused-ring (bicyclic) bond motifs is 1. The van der Waals surface area contributed by atoms with Gasteiger partial charge in [-0.25, -0.2) is 4.98 Å². The van der Waals surface area contributed by atoms with Crippen molar-refractivity contribution in [2.75, 3.05) is 27.2 Å². The summed E-state index contributed by atoms with van der Waals surface area (Å²) in [6, 6.07) is 7.76. The first-order chi connectivity index (χ1) is 18.4. The Labute approximate surface area is 232 Å². The third kappa shape index (κ3) is 4.49. The molecule has 2 aliphatic rings. The van der Waals surface area contributed by atoms with Gasteiger partial charge in [0.15, 0.2) is 0 Å². The molecule has 5 heterocycles. The van der Waals surface area contributed by atoms with Crippen molar-refractivity contribution in [1.82, 2.24) is 24.7 Å². The summed E-state index contributed by atoms with van der Waals surface area (Å²) in [6.07, 6.45) is 2.56. The molecular weight excluding hydrogens is 512 g/mol. The van der Waals surface area contributed by atoms with Gasteiger partial charge < -0.3 is 9.80 Å². The number of carbonyl (C=O) groups excluding carboxylic acids is 3. The van der Waals surface area contributed by atoms with Crippen molar-refractivity contribution in [3.8, 4) is 17.3 Å². The number of rotatable bonds is 5. The first-order valence-corrected chi connectivity index (χ1v) is 13.9. The van der Waals surface area contributed by atoms with E-state index in [1.807, 2.05) is 38.1 Å². The number of likely N-dealkylation sites (tertiary alicyclic amines) is 2. The van der Waals surface area contributed by atoms with Crippen LogP contribution in [-0.4, -0.2) is 75.6 Å². The van der Waals surface area contributed by atoms with E-state index in [1.165, 1.54) is 16.2 Å². The van der Waals surface area contributed by atoms with E-state index in [1.54, 1.807) is 33.0 Å². The number of aryl methyl sites for hydroxylation is 1. The molecule has 3 aromatic heterocycles. The number of nitriles is 1. The number of thiophene rings is 1. The van der Waals surface area contributed by atoms with E-state index in [9.17, 15) is 19.6 Å². The Balaban J connectivity index is 1.57. The van der Waals surface area contributed by atoms with Crippen molar-refractivity contribution in [1.29, 1.82) is 5.26 Å². The molecule has 0 aliphatic carbocycles. The van der Waals surface area contributed by atoms with Crippen molar-refractivity contribution < 1.29 is 14.4 Å². The molecule has 2 saturated heterocycles. The highest BCUT2D eigenvalue weighted by molar-refractivity contribution is 7.19. The van der Waals surface area contributed by atoms with Crippen LogP contribution in [0.25, 0.3) is 21.5 Å². The van der Waals surface area contributed by atoms with Crippen LogP contribution >= 0.6 is 11.3 Å². The molecule has 0 N–H and O–H groups in total. The van der Waals surface area contributed by atoms with Gasteiger partial charge in [-0.05, 0) is 51.2 Å². The maximum atomic E-state index is 13.9. The molecule has 3 amide bonds. The predicted octanol–water partition coefficient (Wildman–Crippen LogP) is 3.85. The fourth-order valence-corrected chi connectivity index (χ4v) is 6.55. The second kappa shape index (κ2) is 9.81. The van der Waals surface area contributed by atoms with Crippen LogP contribution in [0, 0.1) is 29.6 Å². The van der Waals surface area contributed by atoms with Crippen molar-refractivity contribution in [3.63, 3.8) is 0 Å². The first kappa shape index (κ1) is 26.9. The lowest BCUT2D eigenvalue weighted by molar-refractivity contribution is -0.141. The van der Waals surface area contributed by atoms with Crippen molar-refractivity contribution >= 4 is 39.3 Å². The largest absolute Gasteiger partial charge is 0.337 e. The minimum atomic E-state index is -0.743. The number of nitrogens with zero attached hydrogens (tertiary/aromatic N) is 6. The lowest BCUT2D eigenvalue weighted by Crippen LogP contribution is -2.35. The normalized spacial score (nSPS) is 20.9. The summed E-state index contributed by atoms with van der Waals surface area (Å²) >= 11 is 1.42. The molecule has 0 spiro atoms. The van der Waals surface area contributed by atoms with E-state index < -0.39 is 5.41 Å². The number of aromatic nitrogens is 2. The van der Waals surface area contributed by atoms with Crippen LogP contribution in [0.4, 0.5) is 0 Å².